The predicted octanol–water partition coefficient (Wildman–Crippen LogP) is 1.95. The van der Waals surface area contributed by atoms with Gasteiger partial charge in [-0.15, -0.1) is 0 Å². The fourth-order valence-corrected chi connectivity index (χ4v) is 4.34. The minimum Gasteiger partial charge on any atom is -0.387 e. The van der Waals surface area contributed by atoms with Crippen LogP contribution in [0.1, 0.15) is 26.2 Å². The molecule has 3 heterocycles. The van der Waals surface area contributed by atoms with Crippen molar-refractivity contribution in [3.05, 3.63) is 60.3 Å². The number of fused-ring (bicyclic) bond motifs is 1. The molecular formula is C22H26N4O3. The first-order valence-electron chi connectivity index (χ1n) is 9.97. The molecule has 2 aliphatic heterocycles. The van der Waals surface area contributed by atoms with Crippen LogP contribution >= 0.6 is 0 Å². The van der Waals surface area contributed by atoms with Gasteiger partial charge < -0.3 is 10.5 Å². The van der Waals surface area contributed by atoms with Gasteiger partial charge in [0.15, 0.2) is 0 Å². The van der Waals surface area contributed by atoms with Crippen molar-refractivity contribution in [2.24, 2.45) is 11.8 Å². The predicted molar refractivity (Wildman–Crippen MR) is 109 cm³/mol. The summed E-state index contributed by atoms with van der Waals surface area (Å²) >= 11 is 0. The number of rotatable bonds is 5. The first-order valence-corrected chi connectivity index (χ1v) is 9.97. The summed E-state index contributed by atoms with van der Waals surface area (Å²) < 4.78 is 0. The summed E-state index contributed by atoms with van der Waals surface area (Å²) in [6.07, 6.45) is 9.07. The quantitative estimate of drug-likeness (QED) is 0.522. The second kappa shape index (κ2) is 7.93. The molecule has 0 radical (unpaired) electrons. The number of aliphatic hydroxyl groups excluding tert-OH is 1. The standard InChI is InChI=1S/C22H26N4O3/c1-13(2)14-6-8-15(9-7-14)20(27)17-11-10-16-19(22(29)24-21(16)28)26(17)25-18-5-3-4-12-23-18/h3-5,8,10-12,14,16-17,19-20,27H,1,6-7,9H2,2H3,(H,23,25)(H,24,28,29)/t14-,16?,17?,19?,20?/m1/s1. The second-order valence-electron chi connectivity index (χ2n) is 7.98. The molecule has 7 nitrogen and oxygen atoms in total. The van der Waals surface area contributed by atoms with Crippen LogP contribution in [-0.2, 0) is 9.59 Å². The van der Waals surface area contributed by atoms with Crippen LogP contribution in [0.15, 0.2) is 60.3 Å². The Bertz CT molecular complexity index is 879. The maximum Gasteiger partial charge on any atom is 0.246 e. The molecule has 1 aromatic rings. The minimum absolute atomic E-state index is 0.321. The molecule has 1 saturated heterocycles. The Morgan fingerprint density at radius 2 is 2.17 bits per heavy atom. The molecule has 1 fully saturated rings. The highest BCUT2D eigenvalue weighted by atomic mass is 16.3. The van der Waals surface area contributed by atoms with Crippen LogP contribution < -0.4 is 10.7 Å². The van der Waals surface area contributed by atoms with Crippen molar-refractivity contribution < 1.29 is 14.7 Å². The van der Waals surface area contributed by atoms with Gasteiger partial charge in [-0.3, -0.25) is 14.9 Å². The highest BCUT2D eigenvalue weighted by molar-refractivity contribution is 6.08. The number of nitrogens with one attached hydrogen (secondary N) is 2. The summed E-state index contributed by atoms with van der Waals surface area (Å²) in [7, 11) is 0. The SMILES string of the molecule is C=C(C)[C@@H]1CC=C(C(O)C2C=CC3C(=O)NC(=O)C3N2Nc2ccccn2)CC1. The molecule has 0 spiro atoms. The number of pyridine rings is 1. The molecule has 3 N–H and O–H groups in total. The summed E-state index contributed by atoms with van der Waals surface area (Å²) in [5, 5.41) is 15.2. The number of nitrogens with zero attached hydrogens (tertiary/aromatic N) is 2. The number of anilines is 1. The number of hydrazine groups is 1. The molecule has 4 unspecified atom stereocenters. The Hall–Kier alpha value is -2.77. The number of hydrogen-bond acceptors (Lipinski definition) is 6. The molecule has 152 valence electrons. The average Bonchev–Trinajstić information content (AvgIpc) is 3.02. The Labute approximate surface area is 170 Å². The topological polar surface area (TPSA) is 94.6 Å². The monoisotopic (exact) mass is 394 g/mol. The first kappa shape index (κ1) is 19.5. The minimum atomic E-state index is -0.794. The van der Waals surface area contributed by atoms with Gasteiger partial charge in [-0.05, 0) is 49.8 Å². The van der Waals surface area contributed by atoms with Gasteiger partial charge in [-0.1, -0.05) is 36.4 Å². The van der Waals surface area contributed by atoms with Crippen molar-refractivity contribution in [1.82, 2.24) is 15.3 Å². The molecule has 5 atom stereocenters. The lowest BCUT2D eigenvalue weighted by Crippen LogP contribution is -2.57. The molecule has 0 saturated carbocycles. The maximum atomic E-state index is 12.5. The Balaban J connectivity index is 1.62. The molecule has 3 aliphatic rings. The number of aliphatic hydroxyl groups is 1. The maximum absolute atomic E-state index is 12.5. The van der Waals surface area contributed by atoms with Crippen molar-refractivity contribution in [3.63, 3.8) is 0 Å². The Morgan fingerprint density at radius 3 is 2.83 bits per heavy atom. The third-order valence-corrected chi connectivity index (χ3v) is 6.05. The van der Waals surface area contributed by atoms with Gasteiger partial charge in [-0.2, -0.15) is 5.01 Å². The van der Waals surface area contributed by atoms with E-state index in [1.54, 1.807) is 29.4 Å². The van der Waals surface area contributed by atoms with E-state index in [0.717, 1.165) is 30.4 Å². The van der Waals surface area contributed by atoms with E-state index in [9.17, 15) is 14.7 Å². The molecule has 1 aromatic heterocycles. The highest BCUT2D eigenvalue weighted by Crippen LogP contribution is 2.34. The van der Waals surface area contributed by atoms with Gasteiger partial charge in [0.1, 0.15) is 11.9 Å². The summed E-state index contributed by atoms with van der Waals surface area (Å²) in [6, 6.07) is 4.18. The van der Waals surface area contributed by atoms with Crippen LogP contribution in [0.3, 0.4) is 0 Å². The van der Waals surface area contributed by atoms with Gasteiger partial charge in [-0.25, -0.2) is 4.98 Å². The third kappa shape index (κ3) is 3.75. The van der Waals surface area contributed by atoms with Crippen LogP contribution in [-0.4, -0.2) is 45.1 Å². The second-order valence-corrected chi connectivity index (χ2v) is 7.98. The summed E-state index contributed by atoms with van der Waals surface area (Å²) in [4.78, 5) is 28.9. The van der Waals surface area contributed by atoms with Crippen molar-refractivity contribution in [3.8, 4) is 0 Å². The lowest BCUT2D eigenvalue weighted by Gasteiger charge is -2.41. The molecule has 1 aliphatic carbocycles. The van der Waals surface area contributed by atoms with Crippen LogP contribution in [0, 0.1) is 11.8 Å². The number of carbonyl (C=O) groups excluding carboxylic acids is 2. The molecular weight excluding hydrogens is 368 g/mol. The van der Waals surface area contributed by atoms with E-state index < -0.39 is 24.1 Å². The van der Waals surface area contributed by atoms with E-state index in [4.69, 9.17) is 0 Å². The lowest BCUT2D eigenvalue weighted by atomic mass is 9.81. The largest absolute Gasteiger partial charge is 0.387 e. The van der Waals surface area contributed by atoms with Crippen LogP contribution in [0.4, 0.5) is 5.82 Å². The van der Waals surface area contributed by atoms with Crippen molar-refractivity contribution in [2.45, 2.75) is 44.4 Å². The van der Waals surface area contributed by atoms with Gasteiger partial charge in [0.2, 0.25) is 11.8 Å². The van der Waals surface area contributed by atoms with Gasteiger partial charge in [0, 0.05) is 6.20 Å². The normalized spacial score (nSPS) is 30.3. The lowest BCUT2D eigenvalue weighted by molar-refractivity contribution is -0.126. The summed E-state index contributed by atoms with van der Waals surface area (Å²) in [5.74, 6) is -0.289. The number of aromatic nitrogens is 1. The van der Waals surface area contributed by atoms with E-state index in [0.29, 0.717) is 11.7 Å². The first-order chi connectivity index (χ1) is 14.0. The van der Waals surface area contributed by atoms with E-state index in [2.05, 4.69) is 28.4 Å². The zero-order valence-corrected chi connectivity index (χ0v) is 16.4. The molecule has 0 aromatic carbocycles. The average molecular weight is 394 g/mol. The number of allylic oxidation sites excluding steroid dienone is 2. The van der Waals surface area contributed by atoms with E-state index in [-0.39, 0.29) is 11.8 Å². The fraction of sp³-hybridized carbons (Fsp3) is 0.409. The van der Waals surface area contributed by atoms with Gasteiger partial charge in [0.25, 0.3) is 0 Å². The van der Waals surface area contributed by atoms with Crippen LogP contribution in [0.2, 0.25) is 0 Å². The summed E-state index contributed by atoms with van der Waals surface area (Å²) in [5.41, 5.74) is 5.27. The zero-order chi connectivity index (χ0) is 20.5. The third-order valence-electron chi connectivity index (χ3n) is 6.05. The summed E-state index contributed by atoms with van der Waals surface area (Å²) in [6.45, 7) is 6.08. The molecule has 7 heteroatoms. The number of amides is 2. The fourth-order valence-electron chi connectivity index (χ4n) is 4.34. The number of imide groups is 1. The van der Waals surface area contributed by atoms with E-state index in [1.165, 1.54) is 0 Å². The smallest absolute Gasteiger partial charge is 0.246 e. The zero-order valence-electron chi connectivity index (χ0n) is 16.4. The molecule has 4 rings (SSSR count). The van der Waals surface area contributed by atoms with Crippen LogP contribution in [0.25, 0.3) is 0 Å². The van der Waals surface area contributed by atoms with Crippen molar-refractivity contribution >= 4 is 17.6 Å². The number of hydrogen-bond donors (Lipinski definition) is 3. The van der Waals surface area contributed by atoms with Gasteiger partial charge >= 0.3 is 0 Å². The number of carbonyl (C=O) groups is 2. The van der Waals surface area contributed by atoms with Crippen molar-refractivity contribution in [1.29, 1.82) is 0 Å². The Morgan fingerprint density at radius 1 is 1.34 bits per heavy atom. The Kier molecular flexibility index (Phi) is 5.34. The molecule has 0 bridgehead atoms. The van der Waals surface area contributed by atoms with E-state index in [1.807, 2.05) is 19.1 Å². The van der Waals surface area contributed by atoms with Crippen molar-refractivity contribution in [2.75, 3.05) is 5.43 Å². The molecule has 29 heavy (non-hydrogen) atoms. The van der Waals surface area contributed by atoms with Crippen LogP contribution in [0.5, 0.6) is 0 Å². The highest BCUT2D eigenvalue weighted by Gasteiger charge is 2.49. The molecule has 2 amide bonds. The van der Waals surface area contributed by atoms with E-state index >= 15 is 0 Å². The van der Waals surface area contributed by atoms with Gasteiger partial charge in [0.05, 0.1) is 18.1 Å².